The van der Waals surface area contributed by atoms with Crippen LogP contribution >= 0.6 is 0 Å². The standard InChI is InChI=1S/C20H23NO2/c1-15-10-11-16(2)20(13-15)23-12-6-7-17(14-21)18-8-4-5-9-19(18)22-3/h4-5,8-11,13,17H,6-7,12H2,1-3H3. The molecule has 0 saturated heterocycles. The van der Waals surface area contributed by atoms with Gasteiger partial charge in [0.05, 0.1) is 25.7 Å². The van der Waals surface area contributed by atoms with Crippen molar-refractivity contribution in [2.75, 3.05) is 13.7 Å². The number of nitriles is 1. The molecule has 0 radical (unpaired) electrons. The predicted octanol–water partition coefficient (Wildman–Crippen LogP) is 4.78. The first-order valence-corrected chi connectivity index (χ1v) is 7.88. The number of methoxy groups -OCH3 is 1. The first kappa shape index (κ1) is 16.9. The van der Waals surface area contributed by atoms with Gasteiger partial charge in [0.2, 0.25) is 0 Å². The van der Waals surface area contributed by atoms with Gasteiger partial charge in [0.15, 0.2) is 0 Å². The van der Waals surface area contributed by atoms with E-state index in [1.807, 2.05) is 31.2 Å². The molecule has 0 aliphatic carbocycles. The highest BCUT2D eigenvalue weighted by atomic mass is 16.5. The molecule has 3 nitrogen and oxygen atoms in total. The van der Waals surface area contributed by atoms with Crippen LogP contribution in [-0.2, 0) is 0 Å². The van der Waals surface area contributed by atoms with Gasteiger partial charge in [-0.2, -0.15) is 5.26 Å². The summed E-state index contributed by atoms with van der Waals surface area (Å²) in [6.45, 7) is 4.71. The number of hydrogen-bond donors (Lipinski definition) is 0. The van der Waals surface area contributed by atoms with E-state index in [2.05, 4.69) is 31.2 Å². The zero-order chi connectivity index (χ0) is 16.7. The third-order valence-electron chi connectivity index (χ3n) is 3.91. The van der Waals surface area contributed by atoms with Gasteiger partial charge in [-0.05, 0) is 49.9 Å². The second-order valence-corrected chi connectivity index (χ2v) is 5.68. The molecule has 2 aromatic rings. The molecule has 120 valence electrons. The first-order chi connectivity index (χ1) is 11.2. The third kappa shape index (κ3) is 4.50. The number of hydrogen-bond acceptors (Lipinski definition) is 3. The van der Waals surface area contributed by atoms with Gasteiger partial charge in [0.25, 0.3) is 0 Å². The second kappa shape index (κ2) is 8.24. The molecule has 0 aliphatic rings. The Balaban J connectivity index is 1.92. The monoisotopic (exact) mass is 309 g/mol. The van der Waals surface area contributed by atoms with E-state index in [1.165, 1.54) is 5.56 Å². The van der Waals surface area contributed by atoms with Gasteiger partial charge in [-0.1, -0.05) is 30.3 Å². The molecule has 0 bridgehead atoms. The fraction of sp³-hybridized carbons (Fsp3) is 0.350. The van der Waals surface area contributed by atoms with Crippen LogP contribution in [0.4, 0.5) is 0 Å². The highest BCUT2D eigenvalue weighted by Gasteiger charge is 2.15. The van der Waals surface area contributed by atoms with Gasteiger partial charge >= 0.3 is 0 Å². The SMILES string of the molecule is COc1ccccc1C(C#N)CCCOc1cc(C)ccc1C. The van der Waals surface area contributed by atoms with E-state index < -0.39 is 0 Å². The topological polar surface area (TPSA) is 42.2 Å². The lowest BCUT2D eigenvalue weighted by molar-refractivity contribution is 0.302. The van der Waals surface area contributed by atoms with Crippen LogP contribution in [0.15, 0.2) is 42.5 Å². The fourth-order valence-corrected chi connectivity index (χ4v) is 2.58. The Kier molecular flexibility index (Phi) is 6.05. The van der Waals surface area contributed by atoms with Crippen molar-refractivity contribution in [2.24, 2.45) is 0 Å². The lowest BCUT2D eigenvalue weighted by Gasteiger charge is -2.14. The van der Waals surface area contributed by atoms with Gasteiger partial charge in [0, 0.05) is 5.56 Å². The normalized spacial score (nSPS) is 11.6. The van der Waals surface area contributed by atoms with Crippen molar-refractivity contribution in [2.45, 2.75) is 32.6 Å². The molecule has 2 aromatic carbocycles. The van der Waals surface area contributed by atoms with E-state index >= 15 is 0 Å². The largest absolute Gasteiger partial charge is 0.496 e. The van der Waals surface area contributed by atoms with Crippen LogP contribution in [0.3, 0.4) is 0 Å². The van der Waals surface area contributed by atoms with Crippen molar-refractivity contribution in [3.05, 3.63) is 59.2 Å². The van der Waals surface area contributed by atoms with Crippen LogP contribution in [0.25, 0.3) is 0 Å². The molecule has 0 aromatic heterocycles. The van der Waals surface area contributed by atoms with Gasteiger partial charge in [-0.3, -0.25) is 0 Å². The van der Waals surface area contributed by atoms with Crippen molar-refractivity contribution in [1.29, 1.82) is 5.26 Å². The molecule has 23 heavy (non-hydrogen) atoms. The van der Waals surface area contributed by atoms with Crippen LogP contribution in [0.2, 0.25) is 0 Å². The summed E-state index contributed by atoms with van der Waals surface area (Å²) in [6, 6.07) is 16.3. The Morgan fingerprint density at radius 1 is 1.09 bits per heavy atom. The molecule has 0 heterocycles. The van der Waals surface area contributed by atoms with E-state index in [0.29, 0.717) is 6.61 Å². The molecule has 0 spiro atoms. The number of para-hydroxylation sites is 1. The van der Waals surface area contributed by atoms with Crippen LogP contribution in [0.5, 0.6) is 11.5 Å². The summed E-state index contributed by atoms with van der Waals surface area (Å²) in [5, 5.41) is 9.45. The summed E-state index contributed by atoms with van der Waals surface area (Å²) in [6.07, 6.45) is 1.57. The maximum atomic E-state index is 9.45. The number of benzene rings is 2. The quantitative estimate of drug-likeness (QED) is 0.691. The lowest BCUT2D eigenvalue weighted by atomic mass is 9.95. The molecule has 2 rings (SSSR count). The Morgan fingerprint density at radius 2 is 1.87 bits per heavy atom. The van der Waals surface area contributed by atoms with E-state index in [1.54, 1.807) is 7.11 Å². The fourth-order valence-electron chi connectivity index (χ4n) is 2.58. The molecule has 0 amide bonds. The molecule has 1 atom stereocenters. The van der Waals surface area contributed by atoms with Crippen LogP contribution in [-0.4, -0.2) is 13.7 Å². The number of rotatable bonds is 7. The number of nitrogens with zero attached hydrogens (tertiary/aromatic N) is 1. The Labute approximate surface area is 138 Å². The summed E-state index contributed by atoms with van der Waals surface area (Å²) < 4.78 is 11.2. The minimum Gasteiger partial charge on any atom is -0.496 e. The average Bonchev–Trinajstić information content (AvgIpc) is 2.58. The number of ether oxygens (including phenoxy) is 2. The predicted molar refractivity (Wildman–Crippen MR) is 92.0 cm³/mol. The lowest BCUT2D eigenvalue weighted by Crippen LogP contribution is -2.04. The number of aryl methyl sites for hydroxylation is 2. The first-order valence-electron chi connectivity index (χ1n) is 7.88. The highest BCUT2D eigenvalue weighted by molar-refractivity contribution is 5.39. The van der Waals surface area contributed by atoms with Crippen molar-refractivity contribution in [3.8, 4) is 17.6 Å². The molecular weight excluding hydrogens is 286 g/mol. The molecule has 0 fully saturated rings. The van der Waals surface area contributed by atoms with Crippen molar-refractivity contribution in [3.63, 3.8) is 0 Å². The van der Waals surface area contributed by atoms with Gasteiger partial charge in [0.1, 0.15) is 11.5 Å². The van der Waals surface area contributed by atoms with Crippen molar-refractivity contribution >= 4 is 0 Å². The third-order valence-corrected chi connectivity index (χ3v) is 3.91. The minimum atomic E-state index is -0.173. The zero-order valence-electron chi connectivity index (χ0n) is 14.0. The summed E-state index contributed by atoms with van der Waals surface area (Å²) in [5.41, 5.74) is 3.27. The van der Waals surface area contributed by atoms with Gasteiger partial charge in [-0.15, -0.1) is 0 Å². The molecule has 3 heteroatoms. The highest BCUT2D eigenvalue weighted by Crippen LogP contribution is 2.29. The van der Waals surface area contributed by atoms with Crippen molar-refractivity contribution < 1.29 is 9.47 Å². The van der Waals surface area contributed by atoms with Crippen LogP contribution < -0.4 is 9.47 Å². The van der Waals surface area contributed by atoms with Crippen molar-refractivity contribution in [1.82, 2.24) is 0 Å². The molecule has 0 saturated carbocycles. The second-order valence-electron chi connectivity index (χ2n) is 5.68. The Morgan fingerprint density at radius 3 is 2.61 bits per heavy atom. The zero-order valence-corrected chi connectivity index (χ0v) is 14.0. The van der Waals surface area contributed by atoms with E-state index in [0.717, 1.165) is 35.5 Å². The molecule has 0 N–H and O–H groups in total. The molecule has 0 aliphatic heterocycles. The summed E-state index contributed by atoms with van der Waals surface area (Å²) in [7, 11) is 1.64. The van der Waals surface area contributed by atoms with E-state index in [4.69, 9.17) is 9.47 Å². The molecule has 1 unspecified atom stereocenters. The van der Waals surface area contributed by atoms with Crippen LogP contribution in [0, 0.1) is 25.2 Å². The smallest absolute Gasteiger partial charge is 0.123 e. The Hall–Kier alpha value is -2.47. The average molecular weight is 309 g/mol. The van der Waals surface area contributed by atoms with Gasteiger partial charge in [-0.25, -0.2) is 0 Å². The summed E-state index contributed by atoms with van der Waals surface area (Å²) >= 11 is 0. The van der Waals surface area contributed by atoms with Gasteiger partial charge < -0.3 is 9.47 Å². The summed E-state index contributed by atoms with van der Waals surface area (Å²) in [4.78, 5) is 0. The maximum absolute atomic E-state index is 9.45. The van der Waals surface area contributed by atoms with E-state index in [-0.39, 0.29) is 5.92 Å². The van der Waals surface area contributed by atoms with E-state index in [9.17, 15) is 5.26 Å². The maximum Gasteiger partial charge on any atom is 0.123 e. The Bertz CT molecular complexity index is 688. The minimum absolute atomic E-state index is 0.173. The summed E-state index contributed by atoms with van der Waals surface area (Å²) in [5.74, 6) is 1.53. The van der Waals surface area contributed by atoms with Crippen LogP contribution in [0.1, 0.15) is 35.4 Å². The molecular formula is C20H23NO2.